The highest BCUT2D eigenvalue weighted by molar-refractivity contribution is 5.77. The van der Waals surface area contributed by atoms with Gasteiger partial charge in [-0.15, -0.1) is 0 Å². The Morgan fingerprint density at radius 2 is 1.86 bits per heavy atom. The van der Waals surface area contributed by atoms with Crippen molar-refractivity contribution in [2.75, 3.05) is 31.2 Å². The number of amides is 1. The van der Waals surface area contributed by atoms with Crippen molar-refractivity contribution in [3.8, 4) is 11.1 Å². The number of rotatable bonds is 6. The topological polar surface area (TPSA) is 54.5 Å². The van der Waals surface area contributed by atoms with Crippen molar-refractivity contribution < 1.29 is 9.53 Å². The van der Waals surface area contributed by atoms with Gasteiger partial charge in [-0.2, -0.15) is 0 Å². The number of carbonyl (C=O) groups excluding carboxylic acids is 1. The van der Waals surface area contributed by atoms with Crippen molar-refractivity contribution in [3.63, 3.8) is 0 Å². The van der Waals surface area contributed by atoms with E-state index in [2.05, 4.69) is 45.5 Å². The number of nitrogens with one attached hydrogen (secondary N) is 1. The molecule has 5 heteroatoms. The fourth-order valence-electron chi connectivity index (χ4n) is 3.87. The van der Waals surface area contributed by atoms with Crippen LogP contribution in [0.2, 0.25) is 0 Å². The number of aromatic nitrogens is 1. The molecule has 1 saturated carbocycles. The molecular formula is C23H29N3O2. The first-order valence-corrected chi connectivity index (χ1v) is 10.3. The van der Waals surface area contributed by atoms with E-state index in [1.165, 1.54) is 18.5 Å². The summed E-state index contributed by atoms with van der Waals surface area (Å²) in [5.74, 6) is 0.761. The standard InChI is InChI=1S/C23H29N3O2/c1-16-11-19(12-17(2)25-16)22-6-5-21(26-7-9-28-10-8-26)14-20(22)15-24-23(27)13-18-3-4-18/h5-6,11-12,14,18H,3-4,7-10,13,15H2,1-2H3,(H,24,27). The summed E-state index contributed by atoms with van der Waals surface area (Å²) in [6, 6.07) is 10.8. The minimum Gasteiger partial charge on any atom is -0.378 e. The molecular weight excluding hydrogens is 350 g/mol. The van der Waals surface area contributed by atoms with Crippen LogP contribution in [0.1, 0.15) is 36.2 Å². The van der Waals surface area contributed by atoms with E-state index in [-0.39, 0.29) is 5.91 Å². The van der Waals surface area contributed by atoms with Gasteiger partial charge in [0.1, 0.15) is 0 Å². The quantitative estimate of drug-likeness (QED) is 0.833. The predicted molar refractivity (Wildman–Crippen MR) is 111 cm³/mol. The monoisotopic (exact) mass is 379 g/mol. The lowest BCUT2D eigenvalue weighted by molar-refractivity contribution is -0.121. The van der Waals surface area contributed by atoms with Gasteiger partial charge in [-0.3, -0.25) is 9.78 Å². The zero-order valence-corrected chi connectivity index (χ0v) is 16.8. The van der Waals surface area contributed by atoms with Gasteiger partial charge in [0.15, 0.2) is 0 Å². The number of hydrogen-bond acceptors (Lipinski definition) is 4. The number of carbonyl (C=O) groups is 1. The van der Waals surface area contributed by atoms with Crippen molar-refractivity contribution >= 4 is 11.6 Å². The molecule has 148 valence electrons. The average molecular weight is 380 g/mol. The summed E-state index contributed by atoms with van der Waals surface area (Å²) in [7, 11) is 0. The van der Waals surface area contributed by atoms with Crippen LogP contribution in [0.4, 0.5) is 5.69 Å². The van der Waals surface area contributed by atoms with Gasteiger partial charge in [-0.1, -0.05) is 6.07 Å². The van der Waals surface area contributed by atoms with Crippen LogP contribution in [0.5, 0.6) is 0 Å². The highest BCUT2D eigenvalue weighted by atomic mass is 16.5. The number of hydrogen-bond donors (Lipinski definition) is 1. The molecule has 2 fully saturated rings. The Kier molecular flexibility index (Phi) is 5.62. The molecule has 1 N–H and O–H groups in total. The van der Waals surface area contributed by atoms with Crippen LogP contribution in [0.25, 0.3) is 11.1 Å². The van der Waals surface area contributed by atoms with E-state index in [0.29, 0.717) is 18.9 Å². The first kappa shape index (κ1) is 18.9. The molecule has 0 spiro atoms. The minimum absolute atomic E-state index is 0.160. The molecule has 1 aromatic carbocycles. The largest absolute Gasteiger partial charge is 0.378 e. The van der Waals surface area contributed by atoms with E-state index in [9.17, 15) is 4.79 Å². The van der Waals surface area contributed by atoms with Crippen molar-refractivity contribution in [3.05, 3.63) is 47.3 Å². The van der Waals surface area contributed by atoms with Crippen LogP contribution in [-0.4, -0.2) is 37.2 Å². The third-order valence-corrected chi connectivity index (χ3v) is 5.50. The highest BCUT2D eigenvalue weighted by Crippen LogP contribution is 2.32. The van der Waals surface area contributed by atoms with Gasteiger partial charge in [-0.25, -0.2) is 0 Å². The molecule has 4 rings (SSSR count). The number of anilines is 1. The molecule has 5 nitrogen and oxygen atoms in total. The molecule has 2 aromatic rings. The minimum atomic E-state index is 0.160. The van der Waals surface area contributed by atoms with Crippen LogP contribution >= 0.6 is 0 Å². The summed E-state index contributed by atoms with van der Waals surface area (Å²) in [5.41, 5.74) is 6.69. The molecule has 0 unspecified atom stereocenters. The van der Waals surface area contributed by atoms with Gasteiger partial charge in [0.05, 0.1) is 13.2 Å². The zero-order valence-electron chi connectivity index (χ0n) is 16.8. The molecule has 0 radical (unpaired) electrons. The highest BCUT2D eigenvalue weighted by Gasteiger charge is 2.24. The third-order valence-electron chi connectivity index (χ3n) is 5.50. The van der Waals surface area contributed by atoms with Gasteiger partial charge in [0, 0.05) is 43.1 Å². The van der Waals surface area contributed by atoms with E-state index < -0.39 is 0 Å². The maximum absolute atomic E-state index is 12.3. The molecule has 1 amide bonds. The second-order valence-corrected chi connectivity index (χ2v) is 8.00. The second kappa shape index (κ2) is 8.31. The third kappa shape index (κ3) is 4.71. The molecule has 1 aliphatic heterocycles. The lowest BCUT2D eigenvalue weighted by Gasteiger charge is -2.29. The Morgan fingerprint density at radius 3 is 2.54 bits per heavy atom. The second-order valence-electron chi connectivity index (χ2n) is 8.00. The molecule has 0 bridgehead atoms. The van der Waals surface area contributed by atoms with Crippen LogP contribution in [0.15, 0.2) is 30.3 Å². The summed E-state index contributed by atoms with van der Waals surface area (Å²) in [5, 5.41) is 3.14. The Bertz CT molecular complexity index is 835. The van der Waals surface area contributed by atoms with Crippen molar-refractivity contribution in [1.82, 2.24) is 10.3 Å². The number of ether oxygens (including phenoxy) is 1. The summed E-state index contributed by atoms with van der Waals surface area (Å²) in [6.07, 6.45) is 3.05. The molecule has 2 heterocycles. The number of morpholine rings is 1. The number of aryl methyl sites for hydroxylation is 2. The number of nitrogens with zero attached hydrogens (tertiary/aromatic N) is 2. The van der Waals surface area contributed by atoms with E-state index in [0.717, 1.165) is 54.4 Å². The predicted octanol–water partition coefficient (Wildman–Crippen LogP) is 3.62. The lowest BCUT2D eigenvalue weighted by Crippen LogP contribution is -2.36. The van der Waals surface area contributed by atoms with E-state index in [1.54, 1.807) is 0 Å². The fourth-order valence-corrected chi connectivity index (χ4v) is 3.87. The van der Waals surface area contributed by atoms with Crippen LogP contribution in [0.3, 0.4) is 0 Å². The molecule has 1 aromatic heterocycles. The van der Waals surface area contributed by atoms with Gasteiger partial charge in [-0.05, 0) is 73.6 Å². The zero-order chi connectivity index (χ0) is 19.5. The summed E-state index contributed by atoms with van der Waals surface area (Å²) in [6.45, 7) is 7.93. The first-order chi connectivity index (χ1) is 13.6. The number of benzene rings is 1. The number of pyridine rings is 1. The molecule has 28 heavy (non-hydrogen) atoms. The summed E-state index contributed by atoms with van der Waals surface area (Å²) >= 11 is 0. The molecule has 1 saturated heterocycles. The Hall–Kier alpha value is -2.40. The summed E-state index contributed by atoms with van der Waals surface area (Å²) < 4.78 is 5.49. The van der Waals surface area contributed by atoms with Crippen molar-refractivity contribution in [2.45, 2.75) is 39.7 Å². The van der Waals surface area contributed by atoms with Gasteiger partial charge in [0.2, 0.25) is 5.91 Å². The fraction of sp³-hybridized carbons (Fsp3) is 0.478. The lowest BCUT2D eigenvalue weighted by atomic mass is 9.98. The smallest absolute Gasteiger partial charge is 0.220 e. The van der Waals surface area contributed by atoms with Crippen LogP contribution < -0.4 is 10.2 Å². The average Bonchev–Trinajstić information content (AvgIpc) is 3.50. The molecule has 2 aliphatic rings. The Labute approximate surface area is 167 Å². The molecule has 1 aliphatic carbocycles. The van der Waals surface area contributed by atoms with E-state index in [1.807, 2.05) is 13.8 Å². The molecule has 0 atom stereocenters. The van der Waals surface area contributed by atoms with E-state index >= 15 is 0 Å². The van der Waals surface area contributed by atoms with E-state index in [4.69, 9.17) is 4.74 Å². The first-order valence-electron chi connectivity index (χ1n) is 10.3. The van der Waals surface area contributed by atoms with Crippen LogP contribution in [0, 0.1) is 19.8 Å². The Balaban J connectivity index is 1.61. The Morgan fingerprint density at radius 1 is 1.14 bits per heavy atom. The van der Waals surface area contributed by atoms with Crippen molar-refractivity contribution in [1.29, 1.82) is 0 Å². The summed E-state index contributed by atoms with van der Waals surface area (Å²) in [4.78, 5) is 19.1. The van der Waals surface area contributed by atoms with Gasteiger partial charge in [0.25, 0.3) is 0 Å². The van der Waals surface area contributed by atoms with Crippen LogP contribution in [-0.2, 0) is 16.1 Å². The SMILES string of the molecule is Cc1cc(-c2ccc(N3CCOCC3)cc2CNC(=O)CC2CC2)cc(C)n1. The normalized spacial score (nSPS) is 16.9. The van der Waals surface area contributed by atoms with Crippen molar-refractivity contribution in [2.24, 2.45) is 5.92 Å². The van der Waals surface area contributed by atoms with Gasteiger partial charge >= 0.3 is 0 Å². The maximum atomic E-state index is 12.3. The maximum Gasteiger partial charge on any atom is 0.220 e. The van der Waals surface area contributed by atoms with Gasteiger partial charge < -0.3 is 15.0 Å².